The molecule has 34 heavy (non-hydrogen) atoms. The number of amides is 1. The van der Waals surface area contributed by atoms with Gasteiger partial charge in [-0.3, -0.25) is 14.2 Å². The number of carbonyl (C=O) groups excluding carboxylic acids is 2. The number of para-hydroxylation sites is 1. The minimum Gasteiger partial charge on any atom is -0.486 e. The minimum atomic E-state index is -0.203. The summed E-state index contributed by atoms with van der Waals surface area (Å²) in [5.41, 5.74) is 3.17. The molecular weight excluding hydrogens is 448 g/mol. The van der Waals surface area contributed by atoms with Crippen LogP contribution in [0.5, 0.6) is 5.75 Å². The molecule has 0 bridgehead atoms. The number of nitrogens with zero attached hydrogens (tertiary/aromatic N) is 3. The lowest BCUT2D eigenvalue weighted by Crippen LogP contribution is -2.15. The van der Waals surface area contributed by atoms with E-state index in [1.807, 2.05) is 66.1 Å². The molecule has 1 N–H and O–H groups in total. The van der Waals surface area contributed by atoms with Crippen molar-refractivity contribution in [2.75, 3.05) is 11.1 Å². The molecule has 8 heteroatoms. The fraction of sp³-hybridized carbons (Fsp3) is 0.154. The van der Waals surface area contributed by atoms with Crippen LogP contribution < -0.4 is 10.1 Å². The van der Waals surface area contributed by atoms with Gasteiger partial charge >= 0.3 is 0 Å². The van der Waals surface area contributed by atoms with Crippen LogP contribution in [0.15, 0.2) is 84.0 Å². The number of Topliss-reactive ketones (excluding diaryl/α,β-unsaturated/α-hetero) is 1. The van der Waals surface area contributed by atoms with Crippen LogP contribution in [-0.2, 0) is 11.4 Å². The number of rotatable bonds is 9. The third-order valence-electron chi connectivity index (χ3n) is 4.99. The van der Waals surface area contributed by atoms with Gasteiger partial charge in [0.1, 0.15) is 12.4 Å². The Bertz CT molecular complexity index is 1290. The highest BCUT2D eigenvalue weighted by molar-refractivity contribution is 7.99. The summed E-state index contributed by atoms with van der Waals surface area (Å²) in [6.07, 6.45) is 0. The average Bonchev–Trinajstić information content (AvgIpc) is 3.26. The number of benzene rings is 3. The monoisotopic (exact) mass is 472 g/mol. The summed E-state index contributed by atoms with van der Waals surface area (Å²) in [6, 6.07) is 24.4. The fourth-order valence-electron chi connectivity index (χ4n) is 3.25. The smallest absolute Gasteiger partial charge is 0.234 e. The first-order valence-corrected chi connectivity index (χ1v) is 11.7. The van der Waals surface area contributed by atoms with Gasteiger partial charge in [0.05, 0.1) is 5.75 Å². The fourth-order valence-corrected chi connectivity index (χ4v) is 4.02. The molecule has 0 aliphatic carbocycles. The summed E-state index contributed by atoms with van der Waals surface area (Å²) < 4.78 is 7.81. The van der Waals surface area contributed by atoms with Crippen LogP contribution in [0.25, 0.3) is 5.69 Å². The van der Waals surface area contributed by atoms with Crippen LogP contribution in [-0.4, -0.2) is 32.2 Å². The van der Waals surface area contributed by atoms with Crippen molar-refractivity contribution < 1.29 is 14.3 Å². The number of nitrogens with one attached hydrogen (secondary N) is 1. The first-order chi connectivity index (χ1) is 16.5. The van der Waals surface area contributed by atoms with E-state index < -0.39 is 0 Å². The number of ether oxygens (including phenoxy) is 1. The Morgan fingerprint density at radius 2 is 1.74 bits per heavy atom. The van der Waals surface area contributed by atoms with Crippen LogP contribution in [0.4, 0.5) is 5.69 Å². The number of thioether (sulfide) groups is 1. The van der Waals surface area contributed by atoms with Gasteiger partial charge in [0.15, 0.2) is 16.8 Å². The highest BCUT2D eigenvalue weighted by atomic mass is 32.2. The van der Waals surface area contributed by atoms with E-state index in [1.165, 1.54) is 18.7 Å². The normalized spacial score (nSPS) is 10.6. The second-order valence-corrected chi connectivity index (χ2v) is 8.59. The minimum absolute atomic E-state index is 0.0539. The molecule has 0 fully saturated rings. The molecule has 0 aliphatic heterocycles. The second-order valence-electron chi connectivity index (χ2n) is 7.65. The molecular formula is C26H24N4O3S. The zero-order chi connectivity index (χ0) is 23.9. The van der Waals surface area contributed by atoms with Crippen molar-refractivity contribution in [2.45, 2.75) is 25.6 Å². The first kappa shape index (κ1) is 23.3. The molecule has 0 unspecified atom stereocenters. The topological polar surface area (TPSA) is 86.1 Å². The third kappa shape index (κ3) is 5.90. The van der Waals surface area contributed by atoms with E-state index in [9.17, 15) is 9.59 Å². The number of carbonyl (C=O) groups is 2. The van der Waals surface area contributed by atoms with E-state index in [0.717, 1.165) is 17.0 Å². The molecule has 0 saturated heterocycles. The molecule has 4 aromatic rings. The molecule has 4 rings (SSSR count). The summed E-state index contributed by atoms with van der Waals surface area (Å²) in [6.45, 7) is 3.75. The van der Waals surface area contributed by atoms with Crippen molar-refractivity contribution in [3.05, 3.63) is 95.8 Å². The Balaban J connectivity index is 1.47. The maximum atomic E-state index is 12.6. The summed E-state index contributed by atoms with van der Waals surface area (Å²) in [7, 11) is 0. The Kier molecular flexibility index (Phi) is 7.39. The Labute approximate surface area is 202 Å². The largest absolute Gasteiger partial charge is 0.486 e. The van der Waals surface area contributed by atoms with Gasteiger partial charge in [0.2, 0.25) is 5.91 Å². The number of aromatic nitrogens is 3. The SMILES string of the molecule is CC(=O)c1cccc(NC(=O)CSc2nnc(COc3ccc(C)cc3)n2-c2ccccc2)c1. The van der Waals surface area contributed by atoms with Crippen LogP contribution >= 0.6 is 11.8 Å². The van der Waals surface area contributed by atoms with Gasteiger partial charge in [-0.15, -0.1) is 10.2 Å². The average molecular weight is 473 g/mol. The molecule has 0 spiro atoms. The molecule has 0 atom stereocenters. The van der Waals surface area contributed by atoms with Crippen molar-refractivity contribution in [3.8, 4) is 11.4 Å². The van der Waals surface area contributed by atoms with Crippen molar-refractivity contribution in [1.82, 2.24) is 14.8 Å². The van der Waals surface area contributed by atoms with Crippen molar-refractivity contribution in [1.29, 1.82) is 0 Å². The number of aryl methyl sites for hydroxylation is 1. The molecule has 1 heterocycles. The third-order valence-corrected chi connectivity index (χ3v) is 5.92. The molecule has 1 amide bonds. The molecule has 0 aliphatic rings. The van der Waals surface area contributed by atoms with Gasteiger partial charge in [-0.25, -0.2) is 0 Å². The quantitative estimate of drug-likeness (QED) is 0.270. The summed E-state index contributed by atoms with van der Waals surface area (Å²) in [5, 5.41) is 12.0. The summed E-state index contributed by atoms with van der Waals surface area (Å²) in [5.74, 6) is 1.25. The molecule has 7 nitrogen and oxygen atoms in total. The molecule has 0 saturated carbocycles. The predicted octanol–water partition coefficient (Wildman–Crippen LogP) is 5.09. The van der Waals surface area contributed by atoms with E-state index in [2.05, 4.69) is 15.5 Å². The Morgan fingerprint density at radius 1 is 0.971 bits per heavy atom. The van der Waals surface area contributed by atoms with Gasteiger partial charge in [0, 0.05) is 16.9 Å². The van der Waals surface area contributed by atoms with E-state index in [0.29, 0.717) is 22.2 Å². The highest BCUT2D eigenvalue weighted by Crippen LogP contribution is 2.24. The van der Waals surface area contributed by atoms with Gasteiger partial charge in [-0.05, 0) is 50.2 Å². The lowest BCUT2D eigenvalue weighted by Gasteiger charge is -2.11. The number of ketones is 1. The van der Waals surface area contributed by atoms with Crippen LogP contribution in [0.3, 0.4) is 0 Å². The van der Waals surface area contributed by atoms with E-state index >= 15 is 0 Å². The lowest BCUT2D eigenvalue weighted by molar-refractivity contribution is -0.113. The number of anilines is 1. The van der Waals surface area contributed by atoms with E-state index in [1.54, 1.807) is 24.3 Å². The molecule has 0 radical (unpaired) electrons. The Morgan fingerprint density at radius 3 is 2.47 bits per heavy atom. The van der Waals surface area contributed by atoms with Gasteiger partial charge < -0.3 is 10.1 Å². The molecule has 3 aromatic carbocycles. The highest BCUT2D eigenvalue weighted by Gasteiger charge is 2.17. The van der Waals surface area contributed by atoms with Crippen molar-refractivity contribution in [3.63, 3.8) is 0 Å². The van der Waals surface area contributed by atoms with Crippen molar-refractivity contribution in [2.24, 2.45) is 0 Å². The van der Waals surface area contributed by atoms with E-state index in [4.69, 9.17) is 4.74 Å². The summed E-state index contributed by atoms with van der Waals surface area (Å²) >= 11 is 1.28. The number of hydrogen-bond donors (Lipinski definition) is 1. The van der Waals surface area contributed by atoms with Gasteiger partial charge in [-0.1, -0.05) is 59.8 Å². The Hall–Kier alpha value is -3.91. The maximum absolute atomic E-state index is 12.6. The van der Waals surface area contributed by atoms with Crippen LogP contribution in [0.2, 0.25) is 0 Å². The molecule has 172 valence electrons. The first-order valence-electron chi connectivity index (χ1n) is 10.7. The lowest BCUT2D eigenvalue weighted by atomic mass is 10.1. The second kappa shape index (κ2) is 10.8. The van der Waals surface area contributed by atoms with Gasteiger partial charge in [-0.2, -0.15) is 0 Å². The van der Waals surface area contributed by atoms with Crippen molar-refractivity contribution >= 4 is 29.1 Å². The van der Waals surface area contributed by atoms with E-state index in [-0.39, 0.29) is 24.1 Å². The zero-order valence-corrected chi connectivity index (χ0v) is 19.7. The maximum Gasteiger partial charge on any atom is 0.234 e. The van der Waals surface area contributed by atoms with Crippen LogP contribution in [0.1, 0.15) is 28.7 Å². The number of hydrogen-bond acceptors (Lipinski definition) is 6. The molecule has 1 aromatic heterocycles. The summed E-state index contributed by atoms with van der Waals surface area (Å²) in [4.78, 5) is 24.1. The van der Waals surface area contributed by atoms with Crippen LogP contribution in [0, 0.1) is 6.92 Å². The van der Waals surface area contributed by atoms with Gasteiger partial charge in [0.25, 0.3) is 0 Å². The predicted molar refractivity (Wildman–Crippen MR) is 133 cm³/mol. The standard InChI is InChI=1S/C26H24N4O3S/c1-18-11-13-23(14-12-18)33-16-24-28-29-26(30(24)22-9-4-3-5-10-22)34-17-25(32)27-21-8-6-7-20(15-21)19(2)31/h3-15H,16-17H2,1-2H3,(H,27,32). The zero-order valence-electron chi connectivity index (χ0n) is 18.9.